The Bertz CT molecular complexity index is 1000. The summed E-state index contributed by atoms with van der Waals surface area (Å²) in [7, 11) is 0. The van der Waals surface area contributed by atoms with Gasteiger partial charge in [-0.3, -0.25) is 9.69 Å². The van der Waals surface area contributed by atoms with E-state index in [2.05, 4.69) is 16.3 Å². The topological polar surface area (TPSA) is 74.4 Å². The molecule has 5 rings (SSSR count). The smallest absolute Gasteiger partial charge is 0.317 e. The summed E-state index contributed by atoms with van der Waals surface area (Å²) in [6.07, 6.45) is 0.337. The molecular formula is C24H28N4O4. The number of nitrogens with zero attached hydrogens (tertiary/aromatic N) is 3. The average Bonchev–Trinajstić information content (AvgIpc) is 3.40. The Labute approximate surface area is 187 Å². The molecule has 0 aliphatic carbocycles. The van der Waals surface area contributed by atoms with E-state index < -0.39 is 0 Å². The summed E-state index contributed by atoms with van der Waals surface area (Å²) in [6, 6.07) is 13.7. The van der Waals surface area contributed by atoms with Crippen LogP contribution in [-0.4, -0.2) is 67.3 Å². The fraction of sp³-hybridized carbons (Fsp3) is 0.417. The van der Waals surface area contributed by atoms with E-state index in [1.807, 2.05) is 48.2 Å². The number of nitrogens with one attached hydrogen (secondary N) is 1. The van der Waals surface area contributed by atoms with Gasteiger partial charge in [0.1, 0.15) is 0 Å². The highest BCUT2D eigenvalue weighted by Crippen LogP contribution is 2.32. The van der Waals surface area contributed by atoms with Gasteiger partial charge in [0.25, 0.3) is 0 Å². The normalized spacial score (nSPS) is 20.7. The molecule has 3 heterocycles. The molecule has 0 saturated carbocycles. The summed E-state index contributed by atoms with van der Waals surface area (Å²) in [5.74, 6) is 1.64. The Morgan fingerprint density at radius 1 is 1.03 bits per heavy atom. The first-order chi connectivity index (χ1) is 15.5. The largest absolute Gasteiger partial charge is 0.454 e. The summed E-state index contributed by atoms with van der Waals surface area (Å²) in [6.45, 7) is 6.57. The summed E-state index contributed by atoms with van der Waals surface area (Å²) < 4.78 is 10.8. The minimum Gasteiger partial charge on any atom is -0.454 e. The van der Waals surface area contributed by atoms with Crippen LogP contribution in [0.25, 0.3) is 0 Å². The highest BCUT2D eigenvalue weighted by molar-refractivity contribution is 5.96. The van der Waals surface area contributed by atoms with Crippen LogP contribution in [0.5, 0.6) is 11.5 Å². The van der Waals surface area contributed by atoms with Gasteiger partial charge in [-0.15, -0.1) is 0 Å². The van der Waals surface area contributed by atoms with Crippen molar-refractivity contribution in [1.29, 1.82) is 0 Å². The number of benzene rings is 2. The van der Waals surface area contributed by atoms with Crippen molar-refractivity contribution < 1.29 is 19.1 Å². The Kier molecular flexibility index (Phi) is 5.61. The number of rotatable bonds is 4. The second-order valence-electron chi connectivity index (χ2n) is 8.64. The maximum atomic E-state index is 12.8. The lowest BCUT2D eigenvalue weighted by atomic mass is 10.1. The number of hydrogen-bond acceptors (Lipinski definition) is 5. The Morgan fingerprint density at radius 2 is 1.78 bits per heavy atom. The molecular weight excluding hydrogens is 408 g/mol. The molecule has 168 valence electrons. The van der Waals surface area contributed by atoms with Crippen LogP contribution in [-0.2, 0) is 11.3 Å². The van der Waals surface area contributed by atoms with Crippen molar-refractivity contribution in [2.45, 2.75) is 25.9 Å². The third-order valence-corrected chi connectivity index (χ3v) is 6.30. The fourth-order valence-electron chi connectivity index (χ4n) is 4.45. The molecule has 1 atom stereocenters. The Balaban J connectivity index is 1.10. The van der Waals surface area contributed by atoms with E-state index in [1.165, 1.54) is 5.56 Å². The van der Waals surface area contributed by atoms with Crippen molar-refractivity contribution in [3.8, 4) is 11.5 Å². The molecule has 3 aliphatic heterocycles. The number of urea groups is 1. The van der Waals surface area contributed by atoms with Crippen LogP contribution in [0.15, 0.2) is 42.5 Å². The minimum absolute atomic E-state index is 0.0488. The molecule has 0 spiro atoms. The van der Waals surface area contributed by atoms with Crippen molar-refractivity contribution in [3.63, 3.8) is 0 Å². The maximum absolute atomic E-state index is 12.8. The molecule has 0 aromatic heterocycles. The second kappa shape index (κ2) is 8.70. The number of fused-ring (bicyclic) bond motifs is 1. The molecule has 8 heteroatoms. The Morgan fingerprint density at radius 3 is 2.56 bits per heavy atom. The van der Waals surface area contributed by atoms with Crippen molar-refractivity contribution in [3.05, 3.63) is 53.6 Å². The first-order valence-corrected chi connectivity index (χ1v) is 11.1. The zero-order valence-corrected chi connectivity index (χ0v) is 18.3. The van der Waals surface area contributed by atoms with E-state index in [1.54, 1.807) is 4.90 Å². The SMILES string of the molecule is Cc1ccc(N2C[C@H](NC(=O)N3CCN(Cc4ccc5c(c4)OCO5)CC3)CC2=O)cc1. The number of hydrogen-bond donors (Lipinski definition) is 1. The molecule has 0 unspecified atom stereocenters. The number of aryl methyl sites for hydroxylation is 1. The van der Waals surface area contributed by atoms with Gasteiger partial charge in [-0.1, -0.05) is 23.8 Å². The summed E-state index contributed by atoms with van der Waals surface area (Å²) in [4.78, 5) is 31.2. The van der Waals surface area contributed by atoms with E-state index in [0.717, 1.165) is 42.4 Å². The molecule has 32 heavy (non-hydrogen) atoms. The zero-order chi connectivity index (χ0) is 22.1. The fourth-order valence-corrected chi connectivity index (χ4v) is 4.45. The molecule has 2 fully saturated rings. The molecule has 2 saturated heterocycles. The van der Waals surface area contributed by atoms with Crippen LogP contribution >= 0.6 is 0 Å². The first kappa shape index (κ1) is 20.6. The summed E-state index contributed by atoms with van der Waals surface area (Å²) >= 11 is 0. The molecule has 0 bridgehead atoms. The molecule has 3 aliphatic rings. The zero-order valence-electron chi connectivity index (χ0n) is 18.3. The molecule has 3 amide bonds. The van der Waals surface area contributed by atoms with Crippen LogP contribution in [0.1, 0.15) is 17.5 Å². The van der Waals surface area contributed by atoms with Crippen LogP contribution in [0.2, 0.25) is 0 Å². The predicted octanol–water partition coefficient (Wildman–Crippen LogP) is 2.36. The van der Waals surface area contributed by atoms with E-state index in [0.29, 0.717) is 26.1 Å². The maximum Gasteiger partial charge on any atom is 0.317 e. The monoisotopic (exact) mass is 436 g/mol. The van der Waals surface area contributed by atoms with Gasteiger partial charge < -0.3 is 24.6 Å². The lowest BCUT2D eigenvalue weighted by Crippen LogP contribution is -2.53. The molecule has 1 N–H and O–H groups in total. The quantitative estimate of drug-likeness (QED) is 0.797. The van der Waals surface area contributed by atoms with Gasteiger partial charge in [-0.05, 0) is 36.8 Å². The number of anilines is 1. The molecule has 2 aromatic rings. The van der Waals surface area contributed by atoms with Gasteiger partial charge in [-0.2, -0.15) is 0 Å². The van der Waals surface area contributed by atoms with E-state index >= 15 is 0 Å². The van der Waals surface area contributed by atoms with Crippen LogP contribution in [0, 0.1) is 6.92 Å². The summed E-state index contributed by atoms with van der Waals surface area (Å²) in [5, 5.41) is 3.06. The van der Waals surface area contributed by atoms with Gasteiger partial charge >= 0.3 is 6.03 Å². The molecule has 8 nitrogen and oxygen atoms in total. The van der Waals surface area contributed by atoms with Crippen LogP contribution in [0.3, 0.4) is 0 Å². The molecule has 2 aromatic carbocycles. The number of carbonyl (C=O) groups is 2. The molecule has 0 radical (unpaired) electrons. The third-order valence-electron chi connectivity index (χ3n) is 6.30. The summed E-state index contributed by atoms with van der Waals surface area (Å²) in [5.41, 5.74) is 3.21. The number of amides is 3. The second-order valence-corrected chi connectivity index (χ2v) is 8.64. The number of ether oxygens (including phenoxy) is 2. The lowest BCUT2D eigenvalue weighted by molar-refractivity contribution is -0.117. The van der Waals surface area contributed by atoms with E-state index in [9.17, 15) is 9.59 Å². The van der Waals surface area contributed by atoms with Gasteiger partial charge in [0, 0.05) is 51.4 Å². The van der Waals surface area contributed by atoms with E-state index in [-0.39, 0.29) is 24.8 Å². The van der Waals surface area contributed by atoms with Crippen LogP contribution < -0.4 is 19.7 Å². The highest BCUT2D eigenvalue weighted by atomic mass is 16.7. The van der Waals surface area contributed by atoms with Crippen molar-refractivity contribution in [2.75, 3.05) is 44.4 Å². The lowest BCUT2D eigenvalue weighted by Gasteiger charge is -2.35. The van der Waals surface area contributed by atoms with Gasteiger partial charge in [0.05, 0.1) is 6.04 Å². The van der Waals surface area contributed by atoms with Crippen LogP contribution in [0.4, 0.5) is 10.5 Å². The van der Waals surface area contributed by atoms with Crippen molar-refractivity contribution in [2.24, 2.45) is 0 Å². The van der Waals surface area contributed by atoms with E-state index in [4.69, 9.17) is 9.47 Å². The van der Waals surface area contributed by atoms with Crippen molar-refractivity contribution >= 4 is 17.6 Å². The average molecular weight is 437 g/mol. The third kappa shape index (κ3) is 4.36. The highest BCUT2D eigenvalue weighted by Gasteiger charge is 2.33. The number of piperazine rings is 1. The first-order valence-electron chi connectivity index (χ1n) is 11.1. The number of carbonyl (C=O) groups excluding carboxylic acids is 2. The minimum atomic E-state index is -0.164. The van der Waals surface area contributed by atoms with Gasteiger partial charge in [-0.25, -0.2) is 4.79 Å². The predicted molar refractivity (Wildman–Crippen MR) is 120 cm³/mol. The van der Waals surface area contributed by atoms with Gasteiger partial charge in [0.15, 0.2) is 11.5 Å². The standard InChI is InChI=1S/C24H28N4O4/c1-17-2-5-20(6-3-17)28-15-19(13-23(28)29)25-24(30)27-10-8-26(9-11-27)14-18-4-7-21-22(12-18)32-16-31-21/h2-7,12,19H,8-11,13-16H2,1H3,(H,25,30)/t19-/m1/s1. The van der Waals surface area contributed by atoms with Gasteiger partial charge in [0.2, 0.25) is 12.7 Å². The Hall–Kier alpha value is -3.26. The van der Waals surface area contributed by atoms with Crippen molar-refractivity contribution in [1.82, 2.24) is 15.1 Å².